The Kier molecular flexibility index (Phi) is 6.01. The summed E-state index contributed by atoms with van der Waals surface area (Å²) >= 11 is 0.479. The molecule has 3 rings (SSSR count). The van der Waals surface area contributed by atoms with E-state index in [1.54, 1.807) is 35.1 Å². The molecule has 1 N–H and O–H groups in total. The van der Waals surface area contributed by atoms with Crippen LogP contribution < -0.4 is 5.32 Å². The van der Waals surface area contributed by atoms with Gasteiger partial charge in [0.2, 0.25) is 5.91 Å². The Morgan fingerprint density at radius 2 is 1.85 bits per heavy atom. The number of hydrogen-bond acceptors (Lipinski definition) is 3. The van der Waals surface area contributed by atoms with Crippen molar-refractivity contribution in [3.8, 4) is 5.69 Å². The third kappa shape index (κ3) is 5.16. The van der Waals surface area contributed by atoms with E-state index in [2.05, 4.69) is 10.4 Å². The normalized spacial score (nSPS) is 10.9. The topological polar surface area (TPSA) is 46.9 Å². The Labute approximate surface area is 154 Å². The molecule has 0 radical (unpaired) electrons. The van der Waals surface area contributed by atoms with Gasteiger partial charge in [-0.15, -0.1) is 0 Å². The average Bonchev–Trinajstić information content (AvgIpc) is 3.11. The number of carbonyl (C=O) groups is 1. The third-order valence-corrected chi connectivity index (χ3v) is 4.38. The number of aryl methyl sites for hydroxylation is 1. The molecule has 7 heteroatoms. The van der Waals surface area contributed by atoms with E-state index in [1.165, 1.54) is 0 Å². The van der Waals surface area contributed by atoms with Crippen LogP contribution in [0.3, 0.4) is 0 Å². The summed E-state index contributed by atoms with van der Waals surface area (Å²) in [7, 11) is 0. The highest BCUT2D eigenvalue weighted by molar-refractivity contribution is 7.99. The number of rotatable bonds is 7. The summed E-state index contributed by atoms with van der Waals surface area (Å²) in [6.07, 6.45) is 4.53. The highest BCUT2D eigenvalue weighted by Gasteiger charge is 2.08. The molecule has 26 heavy (non-hydrogen) atoms. The molecule has 0 saturated heterocycles. The summed E-state index contributed by atoms with van der Waals surface area (Å²) in [6, 6.07) is 16.1. The lowest BCUT2D eigenvalue weighted by molar-refractivity contribution is -0.116. The van der Waals surface area contributed by atoms with Crippen LogP contribution in [0.1, 0.15) is 12.0 Å². The van der Waals surface area contributed by atoms with Crippen LogP contribution in [0.2, 0.25) is 0 Å². The maximum Gasteiger partial charge on any atom is 0.288 e. The van der Waals surface area contributed by atoms with Crippen molar-refractivity contribution >= 4 is 23.4 Å². The van der Waals surface area contributed by atoms with Crippen molar-refractivity contribution in [2.24, 2.45) is 0 Å². The Balaban J connectivity index is 1.50. The van der Waals surface area contributed by atoms with E-state index in [1.807, 2.05) is 36.5 Å². The van der Waals surface area contributed by atoms with Gasteiger partial charge < -0.3 is 5.32 Å². The number of para-hydroxylation sites is 1. The number of amides is 1. The van der Waals surface area contributed by atoms with Crippen molar-refractivity contribution in [2.75, 3.05) is 5.32 Å². The van der Waals surface area contributed by atoms with Crippen molar-refractivity contribution in [1.82, 2.24) is 9.78 Å². The standard InChI is InChI=1S/C19H17F2N3OS/c20-19(21)26-17-9-7-15(8-10-17)23-18(25)11-6-14-12-22-24(13-14)16-4-2-1-3-5-16/h1-5,7-10,12-13,19H,6,11H2,(H,23,25). The first kappa shape index (κ1) is 18.1. The number of carbonyl (C=O) groups excluding carboxylic acids is 1. The number of anilines is 1. The minimum atomic E-state index is -2.45. The highest BCUT2D eigenvalue weighted by atomic mass is 32.2. The first-order valence-electron chi connectivity index (χ1n) is 8.04. The second-order valence-electron chi connectivity index (χ2n) is 5.58. The van der Waals surface area contributed by atoms with Gasteiger partial charge in [-0.2, -0.15) is 13.9 Å². The third-order valence-electron chi connectivity index (χ3n) is 3.66. The molecule has 0 bridgehead atoms. The fourth-order valence-corrected chi connectivity index (χ4v) is 2.91. The van der Waals surface area contributed by atoms with Crippen LogP contribution in [0, 0.1) is 0 Å². The Morgan fingerprint density at radius 3 is 2.54 bits per heavy atom. The van der Waals surface area contributed by atoms with Gasteiger partial charge in [0, 0.05) is 23.2 Å². The monoisotopic (exact) mass is 373 g/mol. The van der Waals surface area contributed by atoms with Crippen LogP contribution in [0.4, 0.5) is 14.5 Å². The lowest BCUT2D eigenvalue weighted by Gasteiger charge is -2.06. The molecule has 1 heterocycles. The van der Waals surface area contributed by atoms with E-state index in [0.717, 1.165) is 11.3 Å². The molecule has 3 aromatic rings. The smallest absolute Gasteiger partial charge is 0.288 e. The zero-order chi connectivity index (χ0) is 18.4. The van der Waals surface area contributed by atoms with Crippen molar-refractivity contribution in [2.45, 2.75) is 23.5 Å². The minimum absolute atomic E-state index is 0.133. The first-order chi connectivity index (χ1) is 12.6. The summed E-state index contributed by atoms with van der Waals surface area (Å²) in [6.45, 7) is 0. The Hall–Kier alpha value is -2.67. The van der Waals surface area contributed by atoms with Gasteiger partial charge >= 0.3 is 0 Å². The van der Waals surface area contributed by atoms with E-state index >= 15 is 0 Å². The molecule has 0 aliphatic rings. The molecule has 0 atom stereocenters. The SMILES string of the molecule is O=C(CCc1cnn(-c2ccccc2)c1)Nc1ccc(SC(F)F)cc1. The van der Waals surface area contributed by atoms with Crippen LogP contribution in [-0.2, 0) is 11.2 Å². The number of alkyl halides is 2. The van der Waals surface area contributed by atoms with Gasteiger partial charge in [-0.1, -0.05) is 30.0 Å². The number of aromatic nitrogens is 2. The van der Waals surface area contributed by atoms with Gasteiger partial charge in [0.1, 0.15) is 0 Å². The summed E-state index contributed by atoms with van der Waals surface area (Å²) in [5.74, 6) is -2.58. The van der Waals surface area contributed by atoms with E-state index in [0.29, 0.717) is 35.2 Å². The molecule has 2 aromatic carbocycles. The zero-order valence-corrected chi connectivity index (χ0v) is 14.6. The number of nitrogens with zero attached hydrogens (tertiary/aromatic N) is 2. The molecular weight excluding hydrogens is 356 g/mol. The van der Waals surface area contributed by atoms with E-state index < -0.39 is 5.76 Å². The summed E-state index contributed by atoms with van der Waals surface area (Å²) in [4.78, 5) is 12.5. The first-order valence-corrected chi connectivity index (χ1v) is 8.92. The quantitative estimate of drug-likeness (QED) is 0.608. The van der Waals surface area contributed by atoms with Gasteiger partial charge in [-0.05, 0) is 48.4 Å². The molecule has 134 valence electrons. The second-order valence-corrected chi connectivity index (χ2v) is 6.64. The number of hydrogen-bond donors (Lipinski definition) is 1. The van der Waals surface area contributed by atoms with Crippen LogP contribution in [-0.4, -0.2) is 21.4 Å². The van der Waals surface area contributed by atoms with Crippen molar-refractivity contribution in [3.63, 3.8) is 0 Å². The molecule has 4 nitrogen and oxygen atoms in total. The van der Waals surface area contributed by atoms with Crippen molar-refractivity contribution < 1.29 is 13.6 Å². The van der Waals surface area contributed by atoms with Crippen LogP contribution >= 0.6 is 11.8 Å². The van der Waals surface area contributed by atoms with E-state index in [-0.39, 0.29) is 5.91 Å². The number of benzene rings is 2. The number of nitrogens with one attached hydrogen (secondary N) is 1. The Bertz CT molecular complexity index is 851. The Morgan fingerprint density at radius 1 is 1.12 bits per heavy atom. The molecular formula is C19H17F2N3OS. The van der Waals surface area contributed by atoms with Crippen LogP contribution in [0.5, 0.6) is 0 Å². The average molecular weight is 373 g/mol. The van der Waals surface area contributed by atoms with Crippen LogP contribution in [0.15, 0.2) is 71.9 Å². The van der Waals surface area contributed by atoms with Gasteiger partial charge in [-0.25, -0.2) is 4.68 Å². The number of halogens is 2. The molecule has 0 aliphatic heterocycles. The van der Waals surface area contributed by atoms with Gasteiger partial charge in [0.05, 0.1) is 11.9 Å². The van der Waals surface area contributed by atoms with Gasteiger partial charge in [-0.3, -0.25) is 4.79 Å². The minimum Gasteiger partial charge on any atom is -0.326 e. The molecule has 1 amide bonds. The largest absolute Gasteiger partial charge is 0.326 e. The van der Waals surface area contributed by atoms with Gasteiger partial charge in [0.25, 0.3) is 5.76 Å². The molecule has 0 spiro atoms. The predicted molar refractivity (Wildman–Crippen MR) is 98.8 cm³/mol. The second kappa shape index (κ2) is 8.62. The summed E-state index contributed by atoms with van der Waals surface area (Å²) in [5.41, 5.74) is 2.52. The van der Waals surface area contributed by atoms with E-state index in [9.17, 15) is 13.6 Å². The number of thioether (sulfide) groups is 1. The maximum absolute atomic E-state index is 12.3. The fourth-order valence-electron chi connectivity index (χ4n) is 2.41. The molecule has 0 saturated carbocycles. The molecule has 1 aromatic heterocycles. The van der Waals surface area contributed by atoms with Gasteiger partial charge in [0.15, 0.2) is 0 Å². The zero-order valence-electron chi connectivity index (χ0n) is 13.8. The van der Waals surface area contributed by atoms with Crippen molar-refractivity contribution in [1.29, 1.82) is 0 Å². The van der Waals surface area contributed by atoms with Crippen LogP contribution in [0.25, 0.3) is 5.69 Å². The summed E-state index contributed by atoms with van der Waals surface area (Å²) < 4.78 is 26.3. The molecule has 0 aliphatic carbocycles. The lowest BCUT2D eigenvalue weighted by atomic mass is 10.2. The lowest BCUT2D eigenvalue weighted by Crippen LogP contribution is -2.12. The van der Waals surface area contributed by atoms with E-state index in [4.69, 9.17) is 0 Å². The fraction of sp³-hybridized carbons (Fsp3) is 0.158. The highest BCUT2D eigenvalue weighted by Crippen LogP contribution is 2.26. The maximum atomic E-state index is 12.3. The molecule has 0 fully saturated rings. The predicted octanol–water partition coefficient (Wildman–Crippen LogP) is 4.76. The summed E-state index contributed by atoms with van der Waals surface area (Å²) in [5, 5.41) is 7.07. The van der Waals surface area contributed by atoms with Crippen molar-refractivity contribution in [3.05, 3.63) is 72.6 Å². The molecule has 0 unspecified atom stereocenters.